The summed E-state index contributed by atoms with van der Waals surface area (Å²) in [6, 6.07) is 2.73. The Labute approximate surface area is 90.9 Å². The zero-order valence-electron chi connectivity index (χ0n) is 8.25. The van der Waals surface area contributed by atoms with Crippen LogP contribution >= 0.6 is 0 Å². The third-order valence-corrected chi connectivity index (χ3v) is 2.13. The molecule has 0 heterocycles. The first kappa shape index (κ1) is 12.2. The molecule has 0 aliphatic rings. The van der Waals surface area contributed by atoms with Crippen molar-refractivity contribution in [1.29, 1.82) is 0 Å². The van der Waals surface area contributed by atoms with Gasteiger partial charge in [0.2, 0.25) is 0 Å². The van der Waals surface area contributed by atoms with Crippen molar-refractivity contribution < 1.29 is 24.9 Å². The number of aliphatic hydroxyl groups is 1. The third kappa shape index (κ3) is 2.36. The molecule has 86 valence electrons. The number of carboxylic acid groups (broad SMARTS) is 2. The van der Waals surface area contributed by atoms with E-state index in [1.165, 1.54) is 12.1 Å². The summed E-state index contributed by atoms with van der Waals surface area (Å²) in [7, 11) is 0. The molecular weight excluding hydrogens is 214 g/mol. The Kier molecular flexibility index (Phi) is 3.60. The molecule has 0 aliphatic heterocycles. The predicted molar refractivity (Wildman–Crippen MR) is 54.4 cm³/mol. The molecule has 0 radical (unpaired) electrons. The smallest absolute Gasteiger partial charge is 0.336 e. The Morgan fingerprint density at radius 3 is 2.31 bits per heavy atom. The lowest BCUT2D eigenvalue weighted by Gasteiger charge is -2.12. The van der Waals surface area contributed by atoms with E-state index < -0.39 is 24.6 Å². The van der Waals surface area contributed by atoms with E-state index in [4.69, 9.17) is 21.1 Å². The Bertz CT molecular complexity index is 429. The lowest BCUT2D eigenvalue weighted by Crippen LogP contribution is -2.19. The maximum atomic E-state index is 10.9. The molecule has 0 fully saturated rings. The molecule has 0 saturated heterocycles. The van der Waals surface area contributed by atoms with Crippen molar-refractivity contribution in [3.63, 3.8) is 0 Å². The van der Waals surface area contributed by atoms with E-state index in [1.54, 1.807) is 0 Å². The van der Waals surface area contributed by atoms with Gasteiger partial charge in [0.05, 0.1) is 23.8 Å². The second kappa shape index (κ2) is 4.73. The summed E-state index contributed by atoms with van der Waals surface area (Å²) in [6.07, 6.45) is 0. The van der Waals surface area contributed by atoms with Gasteiger partial charge < -0.3 is 21.1 Å². The summed E-state index contributed by atoms with van der Waals surface area (Å²) in [6.45, 7) is -0.410. The number of hydrogen-bond acceptors (Lipinski definition) is 4. The van der Waals surface area contributed by atoms with E-state index in [1.807, 2.05) is 0 Å². The summed E-state index contributed by atoms with van der Waals surface area (Å²) in [4.78, 5) is 21.5. The summed E-state index contributed by atoms with van der Waals surface area (Å²) in [5.41, 5.74) is 5.37. The van der Waals surface area contributed by atoms with Crippen molar-refractivity contribution in [2.45, 2.75) is 6.04 Å². The van der Waals surface area contributed by atoms with Crippen molar-refractivity contribution in [2.24, 2.45) is 5.73 Å². The molecule has 1 aromatic rings. The summed E-state index contributed by atoms with van der Waals surface area (Å²) in [5, 5.41) is 26.4. The number of aliphatic hydroxyl groups excluding tert-OH is 1. The first-order valence-electron chi connectivity index (χ1n) is 4.44. The largest absolute Gasteiger partial charge is 0.478 e. The fourth-order valence-electron chi connectivity index (χ4n) is 1.30. The molecule has 0 spiro atoms. The second-order valence-electron chi connectivity index (χ2n) is 3.20. The second-order valence-corrected chi connectivity index (χ2v) is 3.20. The van der Waals surface area contributed by atoms with Crippen molar-refractivity contribution in [3.8, 4) is 0 Å². The van der Waals surface area contributed by atoms with Gasteiger partial charge in [0.25, 0.3) is 0 Å². The summed E-state index contributed by atoms with van der Waals surface area (Å²) in [5.74, 6) is -2.49. The first-order chi connectivity index (χ1) is 7.47. The highest BCUT2D eigenvalue weighted by Gasteiger charge is 2.17. The minimum atomic E-state index is -1.28. The standard InChI is InChI=1S/C10H11NO5/c11-8(4-12)6-2-1-5(9(13)14)3-7(6)10(15)16/h1-3,8,12H,4,11H2,(H,13,14)(H,15,16)/t8-/m1/s1. The van der Waals surface area contributed by atoms with Crippen LogP contribution in [0.2, 0.25) is 0 Å². The van der Waals surface area contributed by atoms with Crippen LogP contribution < -0.4 is 5.73 Å². The molecule has 6 nitrogen and oxygen atoms in total. The van der Waals surface area contributed by atoms with E-state index in [9.17, 15) is 9.59 Å². The zero-order chi connectivity index (χ0) is 12.3. The molecule has 0 amide bonds. The highest BCUT2D eigenvalue weighted by atomic mass is 16.4. The number of carboxylic acids is 2. The van der Waals surface area contributed by atoms with Gasteiger partial charge in [-0.3, -0.25) is 0 Å². The Morgan fingerprint density at radius 2 is 1.88 bits per heavy atom. The highest BCUT2D eigenvalue weighted by Crippen LogP contribution is 2.18. The van der Waals surface area contributed by atoms with Crippen LogP contribution in [0.25, 0.3) is 0 Å². The van der Waals surface area contributed by atoms with Crippen LogP contribution in [-0.4, -0.2) is 33.9 Å². The van der Waals surface area contributed by atoms with Gasteiger partial charge in [0.15, 0.2) is 0 Å². The lowest BCUT2D eigenvalue weighted by molar-refractivity contribution is 0.0694. The van der Waals surface area contributed by atoms with Gasteiger partial charge in [0.1, 0.15) is 0 Å². The summed E-state index contributed by atoms with van der Waals surface area (Å²) < 4.78 is 0. The van der Waals surface area contributed by atoms with Gasteiger partial charge in [-0.1, -0.05) is 6.07 Å². The monoisotopic (exact) mass is 225 g/mol. The minimum absolute atomic E-state index is 0.133. The van der Waals surface area contributed by atoms with Crippen molar-refractivity contribution in [2.75, 3.05) is 6.61 Å². The van der Waals surface area contributed by atoms with Crippen LogP contribution in [-0.2, 0) is 0 Å². The topological polar surface area (TPSA) is 121 Å². The van der Waals surface area contributed by atoms with Gasteiger partial charge in [-0.15, -0.1) is 0 Å². The van der Waals surface area contributed by atoms with Gasteiger partial charge in [0, 0.05) is 0 Å². The van der Waals surface area contributed by atoms with Crippen molar-refractivity contribution in [1.82, 2.24) is 0 Å². The summed E-state index contributed by atoms with van der Waals surface area (Å²) >= 11 is 0. The molecule has 0 unspecified atom stereocenters. The third-order valence-electron chi connectivity index (χ3n) is 2.13. The van der Waals surface area contributed by atoms with Crippen LogP contribution in [0.1, 0.15) is 32.3 Å². The number of nitrogens with two attached hydrogens (primary N) is 1. The molecular formula is C10H11NO5. The van der Waals surface area contributed by atoms with Gasteiger partial charge >= 0.3 is 11.9 Å². The van der Waals surface area contributed by atoms with Crippen LogP contribution in [0.4, 0.5) is 0 Å². The van der Waals surface area contributed by atoms with Crippen LogP contribution in [0.5, 0.6) is 0 Å². The van der Waals surface area contributed by atoms with E-state index in [0.717, 1.165) is 6.07 Å². The maximum Gasteiger partial charge on any atom is 0.336 e. The van der Waals surface area contributed by atoms with Gasteiger partial charge in [-0.2, -0.15) is 0 Å². The molecule has 0 aromatic heterocycles. The zero-order valence-corrected chi connectivity index (χ0v) is 8.25. The first-order valence-corrected chi connectivity index (χ1v) is 4.44. The quantitative estimate of drug-likeness (QED) is 0.575. The molecule has 1 aromatic carbocycles. The molecule has 1 rings (SSSR count). The van der Waals surface area contributed by atoms with Crippen LogP contribution in [0, 0.1) is 0 Å². The van der Waals surface area contributed by atoms with Crippen LogP contribution in [0.15, 0.2) is 18.2 Å². The molecule has 6 heteroatoms. The minimum Gasteiger partial charge on any atom is -0.478 e. The van der Waals surface area contributed by atoms with Gasteiger partial charge in [-0.25, -0.2) is 9.59 Å². The molecule has 0 aliphatic carbocycles. The van der Waals surface area contributed by atoms with Crippen molar-refractivity contribution in [3.05, 3.63) is 34.9 Å². The molecule has 1 atom stereocenters. The average molecular weight is 225 g/mol. The van der Waals surface area contributed by atoms with Crippen molar-refractivity contribution >= 4 is 11.9 Å². The fraction of sp³-hybridized carbons (Fsp3) is 0.200. The Hall–Kier alpha value is -1.92. The number of benzene rings is 1. The molecule has 0 saturated carbocycles. The number of carbonyl (C=O) groups is 2. The molecule has 0 bridgehead atoms. The number of aromatic carboxylic acids is 2. The SMILES string of the molecule is N[C@H](CO)c1ccc(C(=O)O)cc1C(=O)O. The predicted octanol–water partition coefficient (Wildman–Crippen LogP) is 0.0751. The number of hydrogen-bond donors (Lipinski definition) is 4. The fourth-order valence-corrected chi connectivity index (χ4v) is 1.30. The lowest BCUT2D eigenvalue weighted by atomic mass is 9.99. The van der Waals surface area contributed by atoms with E-state index in [2.05, 4.69) is 0 Å². The average Bonchev–Trinajstić information content (AvgIpc) is 2.26. The van der Waals surface area contributed by atoms with E-state index >= 15 is 0 Å². The van der Waals surface area contributed by atoms with Crippen LogP contribution in [0.3, 0.4) is 0 Å². The van der Waals surface area contributed by atoms with Gasteiger partial charge in [-0.05, 0) is 17.7 Å². The Morgan fingerprint density at radius 1 is 1.25 bits per heavy atom. The molecule has 16 heavy (non-hydrogen) atoms. The van der Waals surface area contributed by atoms with E-state index in [-0.39, 0.29) is 16.7 Å². The normalized spacial score (nSPS) is 12.1. The molecule has 5 N–H and O–H groups in total. The number of rotatable bonds is 4. The highest BCUT2D eigenvalue weighted by molar-refractivity contribution is 5.95. The maximum absolute atomic E-state index is 10.9. The van der Waals surface area contributed by atoms with E-state index in [0.29, 0.717) is 0 Å². The Balaban J connectivity index is 3.30.